The summed E-state index contributed by atoms with van der Waals surface area (Å²) in [4.78, 5) is 149. The molecule has 18 rings (SSSR count). The summed E-state index contributed by atoms with van der Waals surface area (Å²) in [5.74, 6) is -15.9. The second kappa shape index (κ2) is 41.2. The third-order valence-electron chi connectivity index (χ3n) is 30.3. The van der Waals surface area contributed by atoms with Crippen molar-refractivity contribution in [3.8, 4) is 34.9 Å². The first-order chi connectivity index (χ1) is 63.9. The van der Waals surface area contributed by atoms with E-state index in [-0.39, 0.29) is 157 Å². The molecule has 9 fully saturated rings. The molecule has 747 valence electrons. The number of alkyl halides is 6. The van der Waals surface area contributed by atoms with E-state index in [1.165, 1.54) is 36.0 Å². The van der Waals surface area contributed by atoms with Crippen LogP contribution in [-0.4, -0.2) is 213 Å². The maximum atomic E-state index is 16.5. The molecular formula is C99H123F6N12O18V3-3. The topological polar surface area (TPSA) is 360 Å². The van der Waals surface area contributed by atoms with Crippen molar-refractivity contribution in [2.45, 2.75) is 289 Å². The van der Waals surface area contributed by atoms with Gasteiger partial charge < -0.3 is 87.7 Å². The maximum absolute atomic E-state index is 16.5. The number of ether oxygens (including phenoxy) is 9. The van der Waals surface area contributed by atoms with Gasteiger partial charge in [0.25, 0.3) is 17.8 Å². The molecule has 0 spiro atoms. The van der Waals surface area contributed by atoms with Crippen LogP contribution >= 0.6 is 0 Å². The van der Waals surface area contributed by atoms with Crippen molar-refractivity contribution in [3.05, 3.63) is 71.7 Å². The molecule has 6 aliphatic carbocycles. The number of methoxy groups -OCH3 is 3. The molecule has 6 saturated carbocycles. The van der Waals surface area contributed by atoms with Gasteiger partial charge in [-0.15, -0.1) is 0 Å². The van der Waals surface area contributed by atoms with Gasteiger partial charge in [0.15, 0.2) is 17.1 Å². The Kier molecular flexibility index (Phi) is 31.7. The largest absolute Gasteiger partial charge is 0.540 e. The van der Waals surface area contributed by atoms with Gasteiger partial charge in [0.2, 0.25) is 35.4 Å². The molecule has 3 aromatic heterocycles. The Morgan fingerprint density at radius 1 is 0.399 bits per heavy atom. The Morgan fingerprint density at radius 2 is 0.717 bits per heavy atom. The van der Waals surface area contributed by atoms with E-state index in [0.717, 1.165) is 12.8 Å². The minimum atomic E-state index is -3.33. The number of rotatable bonds is 9. The van der Waals surface area contributed by atoms with Gasteiger partial charge in [-0.3, -0.25) is 14.4 Å². The molecule has 6 aliphatic heterocycles. The van der Waals surface area contributed by atoms with Crippen LogP contribution in [0.4, 0.5) is 40.7 Å². The second-order valence-electron chi connectivity index (χ2n) is 42.5. The van der Waals surface area contributed by atoms with E-state index in [9.17, 15) is 43.2 Å². The van der Waals surface area contributed by atoms with Gasteiger partial charge in [0.1, 0.15) is 71.5 Å². The van der Waals surface area contributed by atoms with Crippen molar-refractivity contribution in [1.82, 2.24) is 60.6 Å². The monoisotopic (exact) mass is 2030 g/mol. The molecule has 6 bridgehead atoms. The molecule has 6 unspecified atom stereocenters. The number of hydrogen-bond donors (Lipinski definition) is 3. The Hall–Kier alpha value is -8.96. The van der Waals surface area contributed by atoms with Crippen LogP contribution in [-0.2, 0) is 116 Å². The molecule has 39 heteroatoms. The third-order valence-corrected chi connectivity index (χ3v) is 30.3. The third kappa shape index (κ3) is 21.7. The van der Waals surface area contributed by atoms with Gasteiger partial charge in [-0.25, -0.2) is 63.1 Å². The Morgan fingerprint density at radius 3 is 1.04 bits per heavy atom. The van der Waals surface area contributed by atoms with Crippen molar-refractivity contribution in [1.29, 1.82) is 0 Å². The first-order valence-electron chi connectivity index (χ1n) is 47.6. The number of nitrogens with one attached hydrogen (secondary N) is 3. The zero-order valence-electron chi connectivity index (χ0n) is 80.6. The van der Waals surface area contributed by atoms with E-state index in [1.807, 2.05) is 109 Å². The SMILES string of the molecule is CC[C@@H]1[C@@H]2CN(C(=O)[C@H](C(C)(C)C)NC(=O)O[C@@H]3CCC[C@H]3CCC3CC3C(F)(F)c3nc4ccc(OC)cc4nc3O2)[C@@H]1[C-]=O.CC[C@@H]1[C@@H]2CN(C(=O)[C@H](C(C)(C)C)NC(=O)O[C@@H]3C[C@H]3CCC3CC3C(F)(F)c3nc4ccc(OC)cc4nc3O2)[C@@H]1[C-]=O.CC[C@@H]1[C@@H]2CN(C(=O)[C@H](C(C)(C)C)NC(=O)O[C@]3(C)C[C@H]3CCC3CC3C(F)(F)c3nc4ccc(OC)cc4nc3O2)[C@@H]1[C-]=O.[V].[V].[V]. The number of alkyl carbamates (subject to hydrolysis) is 3. The zero-order valence-corrected chi connectivity index (χ0v) is 84.8. The van der Waals surface area contributed by atoms with Crippen LogP contribution in [0.25, 0.3) is 33.1 Å². The van der Waals surface area contributed by atoms with E-state index in [2.05, 4.69) is 45.9 Å². The van der Waals surface area contributed by atoms with Gasteiger partial charge in [0.05, 0.1) is 74.1 Å². The van der Waals surface area contributed by atoms with Crippen molar-refractivity contribution in [2.24, 2.45) is 87.3 Å². The van der Waals surface area contributed by atoms with Gasteiger partial charge in [-0.2, -0.15) is 26.3 Å². The Labute approximate surface area is 835 Å². The molecule has 30 nitrogen and oxygen atoms in total. The van der Waals surface area contributed by atoms with Crippen LogP contribution in [0.15, 0.2) is 54.6 Å². The first kappa shape index (κ1) is 106. The number of halogens is 6. The van der Waals surface area contributed by atoms with Gasteiger partial charge in [-0.1, -0.05) is 120 Å². The normalized spacial score (nSPS) is 32.9. The molecular weight excluding hydrogens is 1910 g/mol. The van der Waals surface area contributed by atoms with Crippen LogP contribution in [0.1, 0.15) is 216 Å². The fourth-order valence-electron chi connectivity index (χ4n) is 21.7. The van der Waals surface area contributed by atoms with E-state index in [1.54, 1.807) is 54.6 Å². The summed E-state index contributed by atoms with van der Waals surface area (Å²) in [7, 11) is 4.49. The van der Waals surface area contributed by atoms with E-state index < -0.39 is 183 Å². The summed E-state index contributed by atoms with van der Waals surface area (Å²) >= 11 is 0. The molecule has 3 aromatic carbocycles. The molecule has 3 N–H and O–H groups in total. The summed E-state index contributed by atoms with van der Waals surface area (Å²) < 4.78 is 150. The summed E-state index contributed by atoms with van der Waals surface area (Å²) in [5.41, 5.74) is -2.75. The van der Waals surface area contributed by atoms with Crippen LogP contribution < -0.4 is 44.4 Å². The van der Waals surface area contributed by atoms with Crippen LogP contribution in [0.5, 0.6) is 34.9 Å². The summed E-state index contributed by atoms with van der Waals surface area (Å²) in [6.07, 6.45) is 10.2. The average Bonchev–Trinajstić information content (AvgIpc) is 1.57. The quantitative estimate of drug-likeness (QED) is 0.0687. The minimum absolute atomic E-state index is 0. The van der Waals surface area contributed by atoms with Crippen molar-refractivity contribution >= 4 is 88.0 Å². The molecule has 6 aromatic rings. The van der Waals surface area contributed by atoms with E-state index in [0.29, 0.717) is 130 Å². The maximum Gasteiger partial charge on any atom is 0.408 e. The fourth-order valence-corrected chi connectivity index (χ4v) is 21.7. The number of nitrogens with zero attached hydrogens (tertiary/aromatic N) is 9. The van der Waals surface area contributed by atoms with Crippen LogP contribution in [0.2, 0.25) is 0 Å². The molecule has 138 heavy (non-hydrogen) atoms. The van der Waals surface area contributed by atoms with E-state index >= 15 is 26.3 Å². The molecule has 3 radical (unpaired) electrons. The Balaban J connectivity index is 0.000000173. The molecule has 12 aliphatic rings. The van der Waals surface area contributed by atoms with Crippen molar-refractivity contribution < 1.29 is 168 Å². The summed E-state index contributed by atoms with van der Waals surface area (Å²) in [6.45, 7) is 23.4. The number of aromatic nitrogens is 6. The zero-order chi connectivity index (χ0) is 97.0. The number of hydrogen-bond acceptors (Lipinski definition) is 24. The number of carbonyl (C=O) groups is 6. The van der Waals surface area contributed by atoms with Gasteiger partial charge >= 0.3 is 18.3 Å². The predicted molar refractivity (Wildman–Crippen MR) is 479 cm³/mol. The smallest absolute Gasteiger partial charge is 0.408 e. The second-order valence-corrected chi connectivity index (χ2v) is 42.5. The van der Waals surface area contributed by atoms with Crippen molar-refractivity contribution in [3.63, 3.8) is 0 Å². The van der Waals surface area contributed by atoms with Crippen LogP contribution in [0, 0.1) is 87.3 Å². The standard InChI is InChI=1S/C34H43F2N4O6.C33H41F2N4O6.C32H39F2N4O6.3V/c1-6-21-25(17-41)40-16-27(21)45-30-28(37-23-13-12-20(44-5)15-24(23)38-30)34(35,36)22-14-19(22)11-10-18-8-7-9-26(18)46-32(43)39-29(31(40)42)33(2,3)4;1-7-20-24(16-40)39-15-25(20)44-28-26(36-22-11-10-19(43-6)13-23(22)37-28)33(34,35)21-12-17(21)8-9-18-14-32(18,5)45-30(42)38-27(29(39)41)31(2,3)4;1-6-19-23(15-39)38-14-25(19)43-28-26(35-21-10-9-18(42-5)13-22(21)36-28)32(33,34)20-11-16(20)7-8-17-12-24(17)44-30(41)37-27(29(38)40)31(2,3)4;;;/h12-13,15,18-19,21-22,25-27,29H,6-11,14,16H2,1-5H3,(H,39,43);10-11,13,17-18,20-21,24-25,27H,7-9,12,14-15H2,1-6H3,(H,38,42);9-10,13,16-17,19-20,23-25,27H,6-8,11-12,14H2,1-5H3,(H,37,41);;;/q3*-1;;;/t18-,19?,21-,22?,25+,26+,27-,29+;17?,18-,20+,21?,24-,25+,27-,32-;16?,17-,19+,20?,23-,24-,25+,27-;;;/m011.../s1. The molecule has 24 atom stereocenters. The van der Waals surface area contributed by atoms with Crippen molar-refractivity contribution in [2.75, 3.05) is 41.0 Å². The number of carbonyl (C=O) groups excluding carboxylic acids is 9. The summed E-state index contributed by atoms with van der Waals surface area (Å²) in [5, 5.41) is 8.32. The molecule has 9 heterocycles. The van der Waals surface area contributed by atoms with E-state index in [4.69, 9.17) is 42.6 Å². The van der Waals surface area contributed by atoms with Gasteiger partial charge in [-0.05, 0) is 197 Å². The number of amides is 6. The molecule has 3 saturated heterocycles. The average molecular weight is 2040 g/mol. The van der Waals surface area contributed by atoms with Gasteiger partial charge in [0, 0.05) is 97.5 Å². The minimum Gasteiger partial charge on any atom is -0.540 e. The number of benzene rings is 3. The molecule has 6 amide bonds. The predicted octanol–water partition coefficient (Wildman–Crippen LogP) is 15.5. The fraction of sp³-hybridized carbons (Fsp3) is 0.667. The summed E-state index contributed by atoms with van der Waals surface area (Å²) in [6, 6.07) is 8.38. The van der Waals surface area contributed by atoms with Crippen LogP contribution in [0.3, 0.4) is 0 Å². The number of fused-ring (bicyclic) bond motifs is 18. The Bertz CT molecular complexity index is 5550. The first-order valence-corrected chi connectivity index (χ1v) is 47.6.